The summed E-state index contributed by atoms with van der Waals surface area (Å²) in [6.07, 6.45) is 2.73. The number of hydrogen-bond acceptors (Lipinski definition) is 8. The number of furan rings is 1. The third-order valence-corrected chi connectivity index (χ3v) is 8.32. The molecule has 1 N–H and O–H groups in total. The lowest BCUT2D eigenvalue weighted by Crippen LogP contribution is -2.29. The summed E-state index contributed by atoms with van der Waals surface area (Å²) in [6, 6.07) is 20.8. The molecule has 0 saturated heterocycles. The zero-order valence-corrected chi connectivity index (χ0v) is 25.6. The van der Waals surface area contributed by atoms with Crippen molar-refractivity contribution in [3.63, 3.8) is 0 Å². The quantitative estimate of drug-likeness (QED) is 0.160. The third-order valence-electron chi connectivity index (χ3n) is 7.11. The van der Waals surface area contributed by atoms with Gasteiger partial charge in [0.05, 0.1) is 22.3 Å². The van der Waals surface area contributed by atoms with Crippen LogP contribution in [0.25, 0.3) is 22.2 Å². The van der Waals surface area contributed by atoms with E-state index >= 15 is 0 Å². The summed E-state index contributed by atoms with van der Waals surface area (Å²) in [4.78, 5) is 10.8. The fourth-order valence-electron chi connectivity index (χ4n) is 4.72. The van der Waals surface area contributed by atoms with E-state index in [1.54, 1.807) is 18.2 Å². The van der Waals surface area contributed by atoms with Gasteiger partial charge in [-0.15, -0.1) is 0 Å². The first kappa shape index (κ1) is 30.5. The Balaban J connectivity index is 1.32. The van der Waals surface area contributed by atoms with Crippen LogP contribution in [0.1, 0.15) is 29.9 Å². The highest BCUT2D eigenvalue weighted by molar-refractivity contribution is 7.90. The Morgan fingerprint density at radius 1 is 1.05 bits per heavy atom. The predicted octanol–water partition coefficient (Wildman–Crippen LogP) is 6.91. The number of benzene rings is 3. The Kier molecular flexibility index (Phi) is 9.29. The Morgan fingerprint density at radius 2 is 1.88 bits per heavy atom. The average Bonchev–Trinajstić information content (AvgIpc) is 3.47. The molecule has 2 heterocycles. The smallest absolute Gasteiger partial charge is 0.149 e. The van der Waals surface area contributed by atoms with Gasteiger partial charge in [-0.05, 0) is 79.3 Å². The summed E-state index contributed by atoms with van der Waals surface area (Å²) in [6.45, 7) is 3.30. The minimum Gasteiger partial charge on any atom is -0.487 e. The SMILES string of the molecule is CCN(C)C(CS(C)(=O)=O)c1ccc(-c2ccc3ncnc(NCc4ccc(OCc5cccc(F)c5)c(Cl)c4)c3c2)o1. The molecule has 8 nitrogen and oxygen atoms in total. The second-order valence-corrected chi connectivity index (χ2v) is 13.0. The maximum Gasteiger partial charge on any atom is 0.149 e. The monoisotopic (exact) mass is 622 g/mol. The third kappa shape index (κ3) is 7.70. The number of halogens is 2. The molecule has 0 spiro atoms. The molecule has 43 heavy (non-hydrogen) atoms. The molecule has 224 valence electrons. The molecule has 1 atom stereocenters. The summed E-state index contributed by atoms with van der Waals surface area (Å²) in [5, 5.41) is 4.62. The molecule has 3 aromatic carbocycles. The van der Waals surface area contributed by atoms with Crippen LogP contribution in [0.5, 0.6) is 5.75 Å². The first-order valence-corrected chi connectivity index (χ1v) is 16.2. The number of ether oxygens (including phenoxy) is 1. The van der Waals surface area contributed by atoms with Crippen LogP contribution in [-0.4, -0.2) is 48.9 Å². The van der Waals surface area contributed by atoms with Crippen LogP contribution in [0.4, 0.5) is 10.2 Å². The number of sulfone groups is 1. The van der Waals surface area contributed by atoms with Crippen molar-refractivity contribution >= 4 is 38.2 Å². The lowest BCUT2D eigenvalue weighted by molar-refractivity contribution is 0.245. The minimum atomic E-state index is -3.22. The molecule has 0 fully saturated rings. The second kappa shape index (κ2) is 13.1. The van der Waals surface area contributed by atoms with Gasteiger partial charge in [-0.2, -0.15) is 0 Å². The van der Waals surface area contributed by atoms with Crippen LogP contribution < -0.4 is 10.1 Å². The largest absolute Gasteiger partial charge is 0.487 e. The Morgan fingerprint density at radius 3 is 2.63 bits per heavy atom. The molecule has 1 unspecified atom stereocenters. The maximum absolute atomic E-state index is 13.5. The van der Waals surface area contributed by atoms with Crippen molar-refractivity contribution in [1.82, 2.24) is 14.9 Å². The molecule has 5 rings (SSSR count). The standard InChI is InChI=1S/C32H32ClFN4O4S/c1-4-38(2)28(19-43(3,39)40)31-13-12-29(42-31)23-9-10-27-25(16-23)32(37-20-36-27)35-17-21-8-11-30(26(33)15-21)41-18-22-6-5-7-24(34)14-22/h5-16,20,28H,4,17-19H2,1-3H3,(H,35,36,37). The highest BCUT2D eigenvalue weighted by Gasteiger charge is 2.24. The van der Waals surface area contributed by atoms with Gasteiger partial charge in [-0.1, -0.05) is 36.7 Å². The lowest BCUT2D eigenvalue weighted by Gasteiger charge is -2.24. The molecule has 0 aliphatic heterocycles. The first-order chi connectivity index (χ1) is 20.6. The van der Waals surface area contributed by atoms with Gasteiger partial charge in [-0.3, -0.25) is 4.90 Å². The molecule has 0 amide bonds. The van der Waals surface area contributed by atoms with E-state index in [1.807, 2.05) is 61.3 Å². The molecule has 0 bridgehead atoms. The summed E-state index contributed by atoms with van der Waals surface area (Å²) in [5.41, 5.74) is 3.20. The summed E-state index contributed by atoms with van der Waals surface area (Å²) >= 11 is 6.48. The molecule has 11 heteroatoms. The van der Waals surface area contributed by atoms with Gasteiger partial charge >= 0.3 is 0 Å². The van der Waals surface area contributed by atoms with E-state index < -0.39 is 9.84 Å². The number of fused-ring (bicyclic) bond motifs is 1. The lowest BCUT2D eigenvalue weighted by atomic mass is 10.1. The number of anilines is 1. The van der Waals surface area contributed by atoms with Crippen molar-refractivity contribution in [2.45, 2.75) is 26.1 Å². The van der Waals surface area contributed by atoms with E-state index in [1.165, 1.54) is 24.7 Å². The Hall–Kier alpha value is -3.99. The molecular weight excluding hydrogens is 591 g/mol. The minimum absolute atomic E-state index is 0.0337. The molecule has 0 radical (unpaired) electrons. The van der Waals surface area contributed by atoms with Gasteiger partial charge in [-0.25, -0.2) is 22.8 Å². The van der Waals surface area contributed by atoms with E-state index in [0.29, 0.717) is 46.8 Å². The normalized spacial score (nSPS) is 12.5. The summed E-state index contributed by atoms with van der Waals surface area (Å²) < 4.78 is 49.6. The van der Waals surface area contributed by atoms with Gasteiger partial charge in [0, 0.05) is 23.8 Å². The topological polar surface area (TPSA) is 97.6 Å². The Labute approximate surface area is 255 Å². The van der Waals surface area contributed by atoms with Crippen molar-refractivity contribution < 1.29 is 22.0 Å². The van der Waals surface area contributed by atoms with Crippen molar-refractivity contribution in [2.75, 3.05) is 30.9 Å². The van der Waals surface area contributed by atoms with Gasteiger partial charge in [0.15, 0.2) is 0 Å². The highest BCUT2D eigenvalue weighted by atomic mass is 35.5. The van der Waals surface area contributed by atoms with Crippen LogP contribution >= 0.6 is 11.6 Å². The first-order valence-electron chi connectivity index (χ1n) is 13.7. The molecular formula is C32H32ClFN4O4S. The van der Waals surface area contributed by atoms with Crippen molar-refractivity contribution in [1.29, 1.82) is 0 Å². The van der Waals surface area contributed by atoms with Gasteiger partial charge < -0.3 is 14.5 Å². The molecule has 0 saturated carbocycles. The average molecular weight is 623 g/mol. The second-order valence-electron chi connectivity index (χ2n) is 10.4. The van der Waals surface area contributed by atoms with E-state index in [-0.39, 0.29) is 24.2 Å². The van der Waals surface area contributed by atoms with E-state index in [4.69, 9.17) is 20.8 Å². The number of nitrogens with one attached hydrogen (secondary N) is 1. The number of nitrogens with zero attached hydrogens (tertiary/aromatic N) is 3. The van der Waals surface area contributed by atoms with E-state index in [0.717, 1.165) is 22.0 Å². The van der Waals surface area contributed by atoms with Crippen LogP contribution in [0.2, 0.25) is 5.02 Å². The van der Waals surface area contributed by atoms with E-state index in [9.17, 15) is 12.8 Å². The molecule has 2 aromatic heterocycles. The Bertz CT molecular complexity index is 1850. The number of rotatable bonds is 12. The van der Waals surface area contributed by atoms with Gasteiger partial charge in [0.25, 0.3) is 0 Å². The van der Waals surface area contributed by atoms with Crippen LogP contribution in [0, 0.1) is 5.82 Å². The molecule has 0 aliphatic rings. The summed E-state index contributed by atoms with van der Waals surface area (Å²) in [5.74, 6) is 2.01. The molecule has 5 aromatic rings. The zero-order valence-electron chi connectivity index (χ0n) is 24.1. The van der Waals surface area contributed by atoms with Gasteiger partial charge in [0.2, 0.25) is 0 Å². The maximum atomic E-state index is 13.5. The van der Waals surface area contributed by atoms with Crippen LogP contribution in [0.3, 0.4) is 0 Å². The van der Waals surface area contributed by atoms with Crippen molar-refractivity contribution in [2.24, 2.45) is 0 Å². The molecule has 0 aliphatic carbocycles. The number of hydrogen-bond donors (Lipinski definition) is 1. The number of aromatic nitrogens is 2. The van der Waals surface area contributed by atoms with Crippen molar-refractivity contribution in [3.8, 4) is 17.1 Å². The zero-order chi connectivity index (χ0) is 30.6. The van der Waals surface area contributed by atoms with Crippen molar-refractivity contribution in [3.05, 3.63) is 107 Å². The van der Waals surface area contributed by atoms with Gasteiger partial charge in [0.1, 0.15) is 51.7 Å². The highest BCUT2D eigenvalue weighted by Crippen LogP contribution is 2.32. The van der Waals surface area contributed by atoms with Crippen LogP contribution in [-0.2, 0) is 23.0 Å². The predicted molar refractivity (Wildman–Crippen MR) is 168 cm³/mol. The fourth-order valence-corrected chi connectivity index (χ4v) is 5.97. The van der Waals surface area contributed by atoms with E-state index in [2.05, 4.69) is 15.3 Å². The fraction of sp³-hybridized carbons (Fsp3) is 0.250. The van der Waals surface area contributed by atoms with Crippen LogP contribution in [0.15, 0.2) is 83.5 Å². The summed E-state index contributed by atoms with van der Waals surface area (Å²) in [7, 11) is -1.34.